The molecule has 0 N–H and O–H groups in total. The van der Waals surface area contributed by atoms with E-state index in [0.29, 0.717) is 0 Å². The maximum Gasteiger partial charge on any atom is 0.310 e. The SMILES string of the molecule is COC(=O)Cc1cn(Cc2ccccc2)c2ccc(OC)cc12. The van der Waals surface area contributed by atoms with Gasteiger partial charge >= 0.3 is 5.97 Å². The molecule has 0 aliphatic rings. The van der Waals surface area contributed by atoms with Gasteiger partial charge in [0.25, 0.3) is 0 Å². The molecule has 0 atom stereocenters. The van der Waals surface area contributed by atoms with Crippen LogP contribution in [0.3, 0.4) is 0 Å². The van der Waals surface area contributed by atoms with Gasteiger partial charge in [-0.05, 0) is 29.3 Å². The summed E-state index contributed by atoms with van der Waals surface area (Å²) < 4.78 is 12.3. The summed E-state index contributed by atoms with van der Waals surface area (Å²) in [5.74, 6) is 0.535. The predicted octanol–water partition coefficient (Wildman–Crippen LogP) is 3.41. The van der Waals surface area contributed by atoms with E-state index in [0.717, 1.165) is 28.8 Å². The number of ether oxygens (including phenoxy) is 2. The Balaban J connectivity index is 2.05. The molecule has 0 aliphatic heterocycles. The Morgan fingerprint density at radius 1 is 1.09 bits per heavy atom. The van der Waals surface area contributed by atoms with Gasteiger partial charge in [-0.25, -0.2) is 0 Å². The van der Waals surface area contributed by atoms with Gasteiger partial charge < -0.3 is 14.0 Å². The first-order valence-corrected chi connectivity index (χ1v) is 7.47. The number of carbonyl (C=O) groups is 1. The third kappa shape index (κ3) is 3.21. The van der Waals surface area contributed by atoms with Gasteiger partial charge in [-0.1, -0.05) is 30.3 Å². The van der Waals surface area contributed by atoms with Gasteiger partial charge in [-0.15, -0.1) is 0 Å². The third-order valence-electron chi connectivity index (χ3n) is 3.93. The van der Waals surface area contributed by atoms with Gasteiger partial charge in [-0.3, -0.25) is 4.79 Å². The fourth-order valence-electron chi connectivity index (χ4n) is 2.76. The van der Waals surface area contributed by atoms with Gasteiger partial charge in [-0.2, -0.15) is 0 Å². The van der Waals surface area contributed by atoms with Gasteiger partial charge in [0.1, 0.15) is 5.75 Å². The fraction of sp³-hybridized carbons (Fsp3) is 0.211. The first kappa shape index (κ1) is 15.2. The van der Waals surface area contributed by atoms with Crippen molar-refractivity contribution in [2.24, 2.45) is 0 Å². The van der Waals surface area contributed by atoms with Crippen LogP contribution in [0.1, 0.15) is 11.1 Å². The zero-order valence-electron chi connectivity index (χ0n) is 13.3. The molecular formula is C19H19NO3. The van der Waals surface area contributed by atoms with Gasteiger partial charge in [0, 0.05) is 23.6 Å². The molecule has 0 bridgehead atoms. The number of aromatic nitrogens is 1. The molecule has 1 aromatic heterocycles. The van der Waals surface area contributed by atoms with E-state index in [-0.39, 0.29) is 12.4 Å². The number of carbonyl (C=O) groups excluding carboxylic acids is 1. The topological polar surface area (TPSA) is 40.5 Å². The van der Waals surface area contributed by atoms with E-state index >= 15 is 0 Å². The highest BCUT2D eigenvalue weighted by Crippen LogP contribution is 2.27. The summed E-state index contributed by atoms with van der Waals surface area (Å²) in [5.41, 5.74) is 3.24. The smallest absolute Gasteiger partial charge is 0.310 e. The van der Waals surface area contributed by atoms with Crippen LogP contribution < -0.4 is 4.74 Å². The quantitative estimate of drug-likeness (QED) is 0.678. The van der Waals surface area contributed by atoms with Crippen LogP contribution in [0.25, 0.3) is 10.9 Å². The second-order valence-electron chi connectivity index (χ2n) is 5.40. The molecule has 23 heavy (non-hydrogen) atoms. The molecule has 2 aromatic carbocycles. The molecule has 0 fully saturated rings. The van der Waals surface area contributed by atoms with Crippen LogP contribution in [0, 0.1) is 0 Å². The van der Waals surface area contributed by atoms with E-state index in [4.69, 9.17) is 9.47 Å². The molecule has 3 rings (SSSR count). The summed E-state index contributed by atoms with van der Waals surface area (Å²) in [6.45, 7) is 0.755. The van der Waals surface area contributed by atoms with E-state index < -0.39 is 0 Å². The van der Waals surface area contributed by atoms with Crippen LogP contribution >= 0.6 is 0 Å². The molecule has 0 spiro atoms. The number of fused-ring (bicyclic) bond motifs is 1. The van der Waals surface area contributed by atoms with E-state index in [2.05, 4.69) is 16.7 Å². The zero-order chi connectivity index (χ0) is 16.2. The van der Waals surface area contributed by atoms with Gasteiger partial charge in [0.05, 0.1) is 20.6 Å². The minimum absolute atomic E-state index is 0.244. The number of hydrogen-bond donors (Lipinski definition) is 0. The van der Waals surface area contributed by atoms with Crippen molar-refractivity contribution in [3.8, 4) is 5.75 Å². The third-order valence-corrected chi connectivity index (χ3v) is 3.93. The van der Waals surface area contributed by atoms with Crippen LogP contribution in [0.5, 0.6) is 5.75 Å². The molecule has 3 aromatic rings. The lowest BCUT2D eigenvalue weighted by Crippen LogP contribution is -2.04. The molecule has 0 saturated carbocycles. The molecule has 0 aliphatic carbocycles. The summed E-state index contributed by atoms with van der Waals surface area (Å²) in [6.07, 6.45) is 2.27. The Hall–Kier alpha value is -2.75. The van der Waals surface area contributed by atoms with Crippen molar-refractivity contribution < 1.29 is 14.3 Å². The molecule has 118 valence electrons. The van der Waals surface area contributed by atoms with Crippen molar-refractivity contribution in [3.05, 3.63) is 65.9 Å². The first-order valence-electron chi connectivity index (χ1n) is 7.47. The van der Waals surface area contributed by atoms with E-state index in [9.17, 15) is 4.79 Å². The molecule has 4 heteroatoms. The van der Waals surface area contributed by atoms with Crippen LogP contribution in [0.4, 0.5) is 0 Å². The van der Waals surface area contributed by atoms with Gasteiger partial charge in [0.15, 0.2) is 0 Å². The maximum absolute atomic E-state index is 11.7. The average molecular weight is 309 g/mol. The number of methoxy groups -OCH3 is 2. The summed E-state index contributed by atoms with van der Waals surface area (Å²) in [6, 6.07) is 16.2. The largest absolute Gasteiger partial charge is 0.497 e. The highest BCUT2D eigenvalue weighted by molar-refractivity contribution is 5.89. The minimum Gasteiger partial charge on any atom is -0.497 e. The highest BCUT2D eigenvalue weighted by Gasteiger charge is 2.13. The normalized spacial score (nSPS) is 10.7. The van der Waals surface area contributed by atoms with Crippen molar-refractivity contribution in [1.29, 1.82) is 0 Å². The minimum atomic E-state index is -0.244. The lowest BCUT2D eigenvalue weighted by atomic mass is 10.1. The molecule has 0 saturated heterocycles. The fourth-order valence-corrected chi connectivity index (χ4v) is 2.76. The number of benzene rings is 2. The molecule has 1 heterocycles. The number of hydrogen-bond acceptors (Lipinski definition) is 3. The zero-order valence-corrected chi connectivity index (χ0v) is 13.3. The Kier molecular flexibility index (Phi) is 4.33. The maximum atomic E-state index is 11.7. The standard InChI is InChI=1S/C19H19NO3/c1-22-16-8-9-18-17(11-16)15(10-19(21)23-2)13-20(18)12-14-6-4-3-5-7-14/h3-9,11,13H,10,12H2,1-2H3. The molecule has 0 radical (unpaired) electrons. The van der Waals surface area contributed by atoms with Crippen LogP contribution in [0.15, 0.2) is 54.7 Å². The Morgan fingerprint density at radius 3 is 2.57 bits per heavy atom. The van der Waals surface area contributed by atoms with Crippen molar-refractivity contribution in [2.75, 3.05) is 14.2 Å². The average Bonchev–Trinajstić information content (AvgIpc) is 2.92. The molecule has 0 unspecified atom stereocenters. The van der Waals surface area contributed by atoms with Crippen LogP contribution in [-0.4, -0.2) is 24.8 Å². The molecular weight excluding hydrogens is 290 g/mol. The number of esters is 1. The molecule has 4 nitrogen and oxygen atoms in total. The van der Waals surface area contributed by atoms with Crippen molar-refractivity contribution >= 4 is 16.9 Å². The summed E-state index contributed by atoms with van der Waals surface area (Å²) in [4.78, 5) is 11.7. The Bertz CT molecular complexity index is 821. The van der Waals surface area contributed by atoms with Crippen molar-refractivity contribution in [3.63, 3.8) is 0 Å². The van der Waals surface area contributed by atoms with Crippen molar-refractivity contribution in [1.82, 2.24) is 4.57 Å². The lowest BCUT2D eigenvalue weighted by molar-refractivity contribution is -0.139. The van der Waals surface area contributed by atoms with Gasteiger partial charge in [0.2, 0.25) is 0 Å². The van der Waals surface area contributed by atoms with E-state index in [1.54, 1.807) is 7.11 Å². The first-order chi connectivity index (χ1) is 11.2. The predicted molar refractivity (Wildman–Crippen MR) is 89.8 cm³/mol. The summed E-state index contributed by atoms with van der Waals surface area (Å²) in [7, 11) is 3.05. The summed E-state index contributed by atoms with van der Waals surface area (Å²) in [5, 5.41) is 1.02. The van der Waals surface area contributed by atoms with Crippen LogP contribution in [0.2, 0.25) is 0 Å². The number of rotatable bonds is 5. The van der Waals surface area contributed by atoms with Crippen molar-refractivity contribution in [2.45, 2.75) is 13.0 Å². The molecule has 0 amide bonds. The second-order valence-corrected chi connectivity index (χ2v) is 5.40. The number of nitrogens with zero attached hydrogens (tertiary/aromatic N) is 1. The summed E-state index contributed by atoms with van der Waals surface area (Å²) >= 11 is 0. The Morgan fingerprint density at radius 2 is 1.87 bits per heavy atom. The second kappa shape index (κ2) is 6.57. The lowest BCUT2D eigenvalue weighted by Gasteiger charge is -2.06. The van der Waals surface area contributed by atoms with E-state index in [1.807, 2.05) is 42.6 Å². The monoisotopic (exact) mass is 309 g/mol. The Labute approximate surface area is 135 Å². The van der Waals surface area contributed by atoms with E-state index in [1.165, 1.54) is 12.7 Å². The van der Waals surface area contributed by atoms with Crippen LogP contribution in [-0.2, 0) is 22.5 Å². The highest BCUT2D eigenvalue weighted by atomic mass is 16.5.